The van der Waals surface area contributed by atoms with Crippen LogP contribution >= 0.6 is 0 Å². The largest absolute Gasteiger partial charge is 0.472 e. The summed E-state index contributed by atoms with van der Waals surface area (Å²) in [6, 6.07) is 15.5. The summed E-state index contributed by atoms with van der Waals surface area (Å²) in [7, 11) is 2.52. The number of esters is 2. The number of nitrogens with zero attached hydrogens (tertiary/aromatic N) is 1. The molecule has 0 saturated carbocycles. The lowest BCUT2D eigenvalue weighted by Crippen LogP contribution is -2.68. The summed E-state index contributed by atoms with van der Waals surface area (Å²) in [5.41, 5.74) is -2.41. The zero-order chi connectivity index (χ0) is 22.5. The van der Waals surface area contributed by atoms with Crippen molar-refractivity contribution >= 4 is 23.5 Å². The fourth-order valence-corrected chi connectivity index (χ4v) is 5.89. The van der Waals surface area contributed by atoms with Crippen molar-refractivity contribution in [3.8, 4) is 5.75 Å². The molecule has 0 aromatic heterocycles. The molecule has 1 N–H and O–H groups in total. The normalized spacial score (nSPS) is 30.5. The molecule has 3 aliphatic heterocycles. The molecule has 1 spiro atoms. The molecule has 166 valence electrons. The minimum absolute atomic E-state index is 0.351. The van der Waals surface area contributed by atoms with Crippen molar-refractivity contribution in [1.82, 2.24) is 4.90 Å². The van der Waals surface area contributed by atoms with Gasteiger partial charge >= 0.3 is 11.9 Å². The molecule has 3 heterocycles. The van der Waals surface area contributed by atoms with Crippen molar-refractivity contribution in [2.45, 2.75) is 30.0 Å². The average Bonchev–Trinajstić information content (AvgIpc) is 3.46. The molecule has 4 atom stereocenters. The van der Waals surface area contributed by atoms with Gasteiger partial charge in [-0.05, 0) is 31.0 Å². The lowest BCUT2D eigenvalue weighted by molar-refractivity contribution is -0.182. The topological polar surface area (TPSA) is 94.2 Å². The van der Waals surface area contributed by atoms with Gasteiger partial charge in [0, 0.05) is 23.8 Å². The Morgan fingerprint density at radius 3 is 2.47 bits per heavy atom. The maximum Gasteiger partial charge on any atom is 0.354 e. The van der Waals surface area contributed by atoms with Gasteiger partial charge in [-0.25, -0.2) is 4.79 Å². The molecule has 8 heteroatoms. The molecular formula is C24H24N2O6. The van der Waals surface area contributed by atoms with Gasteiger partial charge < -0.3 is 19.5 Å². The first-order valence-electron chi connectivity index (χ1n) is 10.6. The van der Waals surface area contributed by atoms with Crippen LogP contribution in [-0.2, 0) is 29.4 Å². The van der Waals surface area contributed by atoms with Crippen LogP contribution in [0.1, 0.15) is 18.4 Å². The highest BCUT2D eigenvalue weighted by Crippen LogP contribution is 2.61. The second kappa shape index (κ2) is 7.34. The number of nitrogens with one attached hydrogen (secondary N) is 1. The zero-order valence-electron chi connectivity index (χ0n) is 17.9. The van der Waals surface area contributed by atoms with E-state index in [1.807, 2.05) is 23.1 Å². The third-order valence-electron chi connectivity index (χ3n) is 6.95. The Morgan fingerprint density at radius 1 is 1.03 bits per heavy atom. The second-order valence-corrected chi connectivity index (χ2v) is 8.26. The van der Waals surface area contributed by atoms with E-state index in [-0.39, 0.29) is 0 Å². The lowest BCUT2D eigenvalue weighted by Gasteiger charge is -2.44. The Kier molecular flexibility index (Phi) is 4.70. The lowest BCUT2D eigenvalue weighted by atomic mass is 9.69. The quantitative estimate of drug-likeness (QED) is 0.734. The van der Waals surface area contributed by atoms with E-state index in [4.69, 9.17) is 14.2 Å². The van der Waals surface area contributed by atoms with Crippen LogP contribution in [0.25, 0.3) is 0 Å². The molecule has 0 bridgehead atoms. The molecule has 5 rings (SSSR count). The first kappa shape index (κ1) is 20.5. The van der Waals surface area contributed by atoms with Crippen LogP contribution in [0.2, 0.25) is 0 Å². The summed E-state index contributed by atoms with van der Waals surface area (Å²) in [5, 5.41) is 2.92. The maximum atomic E-state index is 13.9. The van der Waals surface area contributed by atoms with Crippen LogP contribution in [0.4, 0.5) is 5.69 Å². The molecule has 0 radical (unpaired) electrons. The SMILES string of the molecule is COC(=O)[C@H]1[C@@H]2CCCN2[C@@]2(C(=O)Nc3ccccc32)[C@]1(Oc1ccccc1)C(=O)OC. The van der Waals surface area contributed by atoms with Crippen molar-refractivity contribution in [2.75, 3.05) is 26.1 Å². The molecule has 8 nitrogen and oxygen atoms in total. The van der Waals surface area contributed by atoms with E-state index >= 15 is 0 Å². The molecule has 2 fully saturated rings. The Labute approximate surface area is 185 Å². The summed E-state index contributed by atoms with van der Waals surface area (Å²) in [4.78, 5) is 42.9. The number of benzene rings is 2. The number of carbonyl (C=O) groups is 3. The van der Waals surface area contributed by atoms with Gasteiger partial charge in [-0.15, -0.1) is 0 Å². The van der Waals surface area contributed by atoms with Gasteiger partial charge in [0.15, 0.2) is 5.54 Å². The number of para-hydroxylation sites is 2. The summed E-state index contributed by atoms with van der Waals surface area (Å²) in [6.07, 6.45) is 1.39. The van der Waals surface area contributed by atoms with Crippen LogP contribution in [0, 0.1) is 5.92 Å². The van der Waals surface area contributed by atoms with Crippen LogP contribution in [0.3, 0.4) is 0 Å². The fourth-order valence-electron chi connectivity index (χ4n) is 5.89. The standard InChI is InChI=1S/C24H24N2O6/c1-30-20(27)19-18-13-8-14-26(18)23(16-11-6-7-12-17(16)25-21(23)28)24(19,22(29)31-2)32-15-9-4-3-5-10-15/h3-7,9-12,18-19H,8,13-14H2,1-2H3,(H,25,28)/t18-,19+,23-,24+/m0/s1. The second-order valence-electron chi connectivity index (χ2n) is 8.26. The third-order valence-corrected chi connectivity index (χ3v) is 6.95. The smallest absolute Gasteiger partial charge is 0.354 e. The molecule has 3 aliphatic rings. The van der Waals surface area contributed by atoms with Crippen LogP contribution in [0.15, 0.2) is 54.6 Å². The number of rotatable bonds is 4. The van der Waals surface area contributed by atoms with E-state index in [0.29, 0.717) is 30.0 Å². The third kappa shape index (κ3) is 2.38. The molecule has 1 amide bonds. The molecule has 0 aliphatic carbocycles. The Hall–Kier alpha value is -3.39. The van der Waals surface area contributed by atoms with Gasteiger partial charge in [-0.3, -0.25) is 14.5 Å². The average molecular weight is 436 g/mol. The highest BCUT2D eigenvalue weighted by atomic mass is 16.6. The van der Waals surface area contributed by atoms with E-state index in [1.54, 1.807) is 36.4 Å². The van der Waals surface area contributed by atoms with Crippen molar-refractivity contribution in [3.05, 3.63) is 60.2 Å². The molecule has 32 heavy (non-hydrogen) atoms. The molecule has 0 unspecified atom stereocenters. The van der Waals surface area contributed by atoms with Gasteiger partial charge in [0.25, 0.3) is 11.5 Å². The van der Waals surface area contributed by atoms with E-state index in [9.17, 15) is 14.4 Å². The minimum Gasteiger partial charge on any atom is -0.472 e. The number of ether oxygens (including phenoxy) is 3. The van der Waals surface area contributed by atoms with Crippen molar-refractivity contribution in [1.29, 1.82) is 0 Å². The number of methoxy groups -OCH3 is 2. The van der Waals surface area contributed by atoms with Crippen LogP contribution < -0.4 is 10.1 Å². The predicted molar refractivity (Wildman–Crippen MR) is 114 cm³/mol. The predicted octanol–water partition coefficient (Wildman–Crippen LogP) is 2.09. The summed E-state index contributed by atoms with van der Waals surface area (Å²) in [6.45, 7) is 0.525. The van der Waals surface area contributed by atoms with Crippen LogP contribution in [0.5, 0.6) is 5.75 Å². The maximum absolute atomic E-state index is 13.9. The van der Waals surface area contributed by atoms with Gasteiger partial charge in [-0.2, -0.15) is 0 Å². The molecule has 2 aromatic rings. The van der Waals surface area contributed by atoms with Crippen molar-refractivity contribution in [2.24, 2.45) is 5.92 Å². The number of hydrogen-bond donors (Lipinski definition) is 1. The summed E-state index contributed by atoms with van der Waals surface area (Å²) in [5.74, 6) is -2.54. The minimum atomic E-state index is -1.99. The van der Waals surface area contributed by atoms with Crippen molar-refractivity contribution < 1.29 is 28.6 Å². The Morgan fingerprint density at radius 2 is 1.75 bits per heavy atom. The number of hydrogen-bond acceptors (Lipinski definition) is 7. The molecule has 2 aromatic carbocycles. The highest BCUT2D eigenvalue weighted by molar-refractivity contribution is 6.12. The van der Waals surface area contributed by atoms with Gasteiger partial charge in [-0.1, -0.05) is 36.4 Å². The summed E-state index contributed by atoms with van der Waals surface area (Å²) < 4.78 is 16.9. The van der Waals surface area contributed by atoms with E-state index in [2.05, 4.69) is 5.32 Å². The van der Waals surface area contributed by atoms with E-state index in [1.165, 1.54) is 14.2 Å². The number of fused-ring (bicyclic) bond motifs is 4. The monoisotopic (exact) mass is 436 g/mol. The number of anilines is 1. The van der Waals surface area contributed by atoms with Crippen LogP contribution in [-0.4, -0.2) is 55.2 Å². The first-order valence-corrected chi connectivity index (χ1v) is 10.6. The van der Waals surface area contributed by atoms with Gasteiger partial charge in [0.05, 0.1) is 14.2 Å². The summed E-state index contributed by atoms with van der Waals surface area (Å²) >= 11 is 0. The zero-order valence-corrected chi connectivity index (χ0v) is 17.9. The fraction of sp³-hybridized carbons (Fsp3) is 0.375. The Bertz CT molecular complexity index is 1090. The van der Waals surface area contributed by atoms with E-state index < -0.39 is 40.9 Å². The molecule has 2 saturated heterocycles. The number of amides is 1. The first-order chi connectivity index (χ1) is 15.5. The number of carbonyl (C=O) groups excluding carboxylic acids is 3. The Balaban J connectivity index is 1.87. The van der Waals surface area contributed by atoms with E-state index in [0.717, 1.165) is 6.42 Å². The van der Waals surface area contributed by atoms with Gasteiger partial charge in [0.1, 0.15) is 11.7 Å². The van der Waals surface area contributed by atoms with Gasteiger partial charge in [0.2, 0.25) is 0 Å². The van der Waals surface area contributed by atoms with Crippen molar-refractivity contribution in [3.63, 3.8) is 0 Å². The molecular weight excluding hydrogens is 412 g/mol. The highest BCUT2D eigenvalue weighted by Gasteiger charge is 2.82.